The van der Waals surface area contributed by atoms with Gasteiger partial charge < -0.3 is 10.6 Å². The standard InChI is InChI=1S/C9H11ClN4O2S/c10-9-13-12-7(17-9)8(16)14-3-1-5(2-4-14)6(11)15/h5H,1-4H2,(H2,11,15). The van der Waals surface area contributed by atoms with Gasteiger partial charge in [-0.1, -0.05) is 11.3 Å². The number of likely N-dealkylation sites (tertiary alicyclic amines) is 1. The molecule has 17 heavy (non-hydrogen) atoms. The van der Waals surface area contributed by atoms with Crippen LogP contribution in [0.1, 0.15) is 22.6 Å². The highest BCUT2D eigenvalue weighted by atomic mass is 35.5. The van der Waals surface area contributed by atoms with Crippen molar-refractivity contribution < 1.29 is 9.59 Å². The summed E-state index contributed by atoms with van der Waals surface area (Å²) in [5, 5.41) is 7.57. The van der Waals surface area contributed by atoms with Crippen LogP contribution >= 0.6 is 22.9 Å². The van der Waals surface area contributed by atoms with Crippen LogP contribution in [-0.4, -0.2) is 40.0 Å². The molecule has 0 spiro atoms. The molecule has 2 heterocycles. The number of aromatic nitrogens is 2. The van der Waals surface area contributed by atoms with E-state index in [0.717, 1.165) is 11.3 Å². The van der Waals surface area contributed by atoms with Gasteiger partial charge in [0.2, 0.25) is 15.4 Å². The van der Waals surface area contributed by atoms with Gasteiger partial charge in [-0.3, -0.25) is 9.59 Å². The molecule has 0 atom stereocenters. The van der Waals surface area contributed by atoms with Gasteiger partial charge >= 0.3 is 0 Å². The molecular weight excluding hydrogens is 264 g/mol. The van der Waals surface area contributed by atoms with Crippen LogP contribution in [0.4, 0.5) is 0 Å². The molecule has 0 unspecified atom stereocenters. The van der Waals surface area contributed by atoms with Gasteiger partial charge in [0.05, 0.1) is 0 Å². The second-order valence-electron chi connectivity index (χ2n) is 3.83. The zero-order chi connectivity index (χ0) is 12.4. The molecule has 1 saturated heterocycles. The van der Waals surface area contributed by atoms with Crippen LogP contribution in [0.3, 0.4) is 0 Å². The molecule has 92 valence electrons. The zero-order valence-corrected chi connectivity index (χ0v) is 10.5. The highest BCUT2D eigenvalue weighted by molar-refractivity contribution is 7.17. The van der Waals surface area contributed by atoms with Crippen LogP contribution in [0.15, 0.2) is 0 Å². The Morgan fingerprint density at radius 1 is 1.35 bits per heavy atom. The summed E-state index contributed by atoms with van der Waals surface area (Å²) in [4.78, 5) is 24.6. The van der Waals surface area contributed by atoms with Crippen molar-refractivity contribution in [3.63, 3.8) is 0 Å². The van der Waals surface area contributed by atoms with Gasteiger partial charge in [0.25, 0.3) is 5.91 Å². The van der Waals surface area contributed by atoms with Gasteiger partial charge in [-0.25, -0.2) is 0 Å². The molecule has 0 aromatic carbocycles. The molecule has 2 rings (SSSR count). The largest absolute Gasteiger partial charge is 0.369 e. The molecule has 1 aliphatic heterocycles. The number of halogens is 1. The van der Waals surface area contributed by atoms with Crippen molar-refractivity contribution in [1.29, 1.82) is 0 Å². The summed E-state index contributed by atoms with van der Waals surface area (Å²) in [5.41, 5.74) is 5.22. The van der Waals surface area contributed by atoms with E-state index in [1.54, 1.807) is 4.90 Å². The molecule has 1 aliphatic rings. The maximum Gasteiger partial charge on any atom is 0.284 e. The number of nitrogens with zero attached hydrogens (tertiary/aromatic N) is 3. The second-order valence-corrected chi connectivity index (χ2v) is 5.39. The highest BCUT2D eigenvalue weighted by Crippen LogP contribution is 2.21. The van der Waals surface area contributed by atoms with Gasteiger partial charge in [-0.2, -0.15) is 0 Å². The summed E-state index contributed by atoms with van der Waals surface area (Å²) in [7, 11) is 0. The number of nitrogens with two attached hydrogens (primary N) is 1. The van der Waals surface area contributed by atoms with Crippen LogP contribution < -0.4 is 5.73 Å². The maximum atomic E-state index is 11.9. The topological polar surface area (TPSA) is 89.2 Å². The van der Waals surface area contributed by atoms with Crippen molar-refractivity contribution >= 4 is 34.8 Å². The molecule has 0 radical (unpaired) electrons. The van der Waals surface area contributed by atoms with E-state index in [1.807, 2.05) is 0 Å². The zero-order valence-electron chi connectivity index (χ0n) is 8.93. The van der Waals surface area contributed by atoms with Crippen molar-refractivity contribution in [2.75, 3.05) is 13.1 Å². The number of carbonyl (C=O) groups is 2. The number of piperidine rings is 1. The van der Waals surface area contributed by atoms with E-state index in [0.29, 0.717) is 25.9 Å². The first kappa shape index (κ1) is 12.3. The molecule has 0 aliphatic carbocycles. The van der Waals surface area contributed by atoms with Crippen molar-refractivity contribution in [3.05, 3.63) is 9.47 Å². The molecule has 8 heteroatoms. The molecule has 0 saturated carbocycles. The monoisotopic (exact) mass is 274 g/mol. The lowest BCUT2D eigenvalue weighted by atomic mass is 9.96. The first-order chi connectivity index (χ1) is 8.08. The highest BCUT2D eigenvalue weighted by Gasteiger charge is 2.27. The first-order valence-electron chi connectivity index (χ1n) is 5.15. The lowest BCUT2D eigenvalue weighted by Gasteiger charge is -2.29. The van der Waals surface area contributed by atoms with Crippen molar-refractivity contribution in [2.24, 2.45) is 11.7 Å². The maximum absolute atomic E-state index is 11.9. The fourth-order valence-corrected chi connectivity index (χ4v) is 2.59. The van der Waals surface area contributed by atoms with Gasteiger partial charge in [0.15, 0.2) is 0 Å². The Morgan fingerprint density at radius 2 is 2.00 bits per heavy atom. The molecule has 1 aromatic heterocycles. The summed E-state index contributed by atoms with van der Waals surface area (Å²) in [6, 6.07) is 0. The van der Waals surface area contributed by atoms with Crippen molar-refractivity contribution in [2.45, 2.75) is 12.8 Å². The molecule has 0 bridgehead atoms. The lowest BCUT2D eigenvalue weighted by molar-refractivity contribution is -0.123. The van der Waals surface area contributed by atoms with Crippen molar-refractivity contribution in [1.82, 2.24) is 15.1 Å². The molecular formula is C9H11ClN4O2S. The van der Waals surface area contributed by atoms with Crippen LogP contribution in [-0.2, 0) is 4.79 Å². The van der Waals surface area contributed by atoms with Gasteiger partial charge in [-0.05, 0) is 24.4 Å². The van der Waals surface area contributed by atoms with E-state index >= 15 is 0 Å². The Morgan fingerprint density at radius 3 is 2.47 bits per heavy atom. The third-order valence-electron chi connectivity index (χ3n) is 2.77. The third-order valence-corrected chi connectivity index (χ3v) is 3.77. The summed E-state index contributed by atoms with van der Waals surface area (Å²) in [6.45, 7) is 1.03. The average Bonchev–Trinajstić information content (AvgIpc) is 2.75. The smallest absolute Gasteiger partial charge is 0.284 e. The van der Waals surface area contributed by atoms with Gasteiger partial charge in [0, 0.05) is 19.0 Å². The summed E-state index contributed by atoms with van der Waals surface area (Å²) < 4.78 is 0.250. The number of hydrogen-bond acceptors (Lipinski definition) is 5. The van der Waals surface area contributed by atoms with E-state index in [9.17, 15) is 9.59 Å². The van der Waals surface area contributed by atoms with Gasteiger partial charge in [0.1, 0.15) is 0 Å². The SMILES string of the molecule is NC(=O)C1CCN(C(=O)c2nnc(Cl)s2)CC1. The molecule has 2 N–H and O–H groups in total. The minimum absolute atomic E-state index is 0.128. The van der Waals surface area contributed by atoms with Gasteiger partial charge in [-0.15, -0.1) is 10.2 Å². The predicted octanol–water partition coefficient (Wildman–Crippen LogP) is 0.529. The Labute approximate surface area is 107 Å². The van der Waals surface area contributed by atoms with E-state index in [1.165, 1.54) is 0 Å². The summed E-state index contributed by atoms with van der Waals surface area (Å²) in [5.74, 6) is -0.606. The number of rotatable bonds is 2. The van der Waals surface area contributed by atoms with Crippen molar-refractivity contribution in [3.8, 4) is 0 Å². The van der Waals surface area contributed by atoms with E-state index < -0.39 is 0 Å². The number of primary amides is 1. The lowest BCUT2D eigenvalue weighted by Crippen LogP contribution is -2.41. The minimum Gasteiger partial charge on any atom is -0.369 e. The number of carbonyl (C=O) groups excluding carboxylic acids is 2. The number of amides is 2. The Hall–Kier alpha value is -1.21. The van der Waals surface area contributed by atoms with E-state index in [4.69, 9.17) is 17.3 Å². The van der Waals surface area contributed by atoms with E-state index in [-0.39, 0.29) is 27.2 Å². The molecule has 1 aromatic rings. The number of hydrogen-bond donors (Lipinski definition) is 1. The van der Waals surface area contributed by atoms with Crippen LogP contribution in [0.2, 0.25) is 4.47 Å². The Bertz CT molecular complexity index is 442. The fraction of sp³-hybridized carbons (Fsp3) is 0.556. The molecule has 2 amide bonds. The van der Waals surface area contributed by atoms with E-state index in [2.05, 4.69) is 10.2 Å². The minimum atomic E-state index is -0.295. The third kappa shape index (κ3) is 2.73. The summed E-state index contributed by atoms with van der Waals surface area (Å²) >= 11 is 6.68. The van der Waals surface area contributed by atoms with Crippen LogP contribution in [0, 0.1) is 5.92 Å². The normalized spacial score (nSPS) is 17.1. The quantitative estimate of drug-likeness (QED) is 0.852. The van der Waals surface area contributed by atoms with Crippen LogP contribution in [0.5, 0.6) is 0 Å². The average molecular weight is 275 g/mol. The fourth-order valence-electron chi connectivity index (χ4n) is 1.79. The first-order valence-corrected chi connectivity index (χ1v) is 6.35. The molecule has 6 nitrogen and oxygen atoms in total. The Balaban J connectivity index is 1.97. The molecule has 1 fully saturated rings. The second kappa shape index (κ2) is 4.97. The summed E-state index contributed by atoms with van der Waals surface area (Å²) in [6.07, 6.45) is 1.21. The Kier molecular flexibility index (Phi) is 3.58. The van der Waals surface area contributed by atoms with Crippen LogP contribution in [0.25, 0.3) is 0 Å². The predicted molar refractivity (Wildman–Crippen MR) is 62.7 cm³/mol.